The van der Waals surface area contributed by atoms with E-state index in [9.17, 15) is 10.1 Å². The molecule has 1 radical (unpaired) electrons. The van der Waals surface area contributed by atoms with Crippen LogP contribution >= 0.6 is 11.8 Å². The van der Waals surface area contributed by atoms with Gasteiger partial charge in [-0.1, -0.05) is 11.8 Å². The van der Waals surface area contributed by atoms with E-state index < -0.39 is 4.92 Å². The van der Waals surface area contributed by atoms with Gasteiger partial charge >= 0.3 is 5.82 Å². The molecule has 1 heterocycles. The van der Waals surface area contributed by atoms with E-state index in [4.69, 9.17) is 0 Å². The molecule has 0 saturated heterocycles. The molecule has 1 rings (SSSR count). The molecular formula is C3H3N2O2S. The van der Waals surface area contributed by atoms with Gasteiger partial charge in [-0.05, 0) is 4.92 Å². The summed E-state index contributed by atoms with van der Waals surface area (Å²) in [7, 11) is 0. The summed E-state index contributed by atoms with van der Waals surface area (Å²) < 4.78 is 0. The number of hydrogen-bond acceptors (Lipinski definition) is 4. The van der Waals surface area contributed by atoms with Crippen LogP contribution in [-0.4, -0.2) is 10.8 Å². The van der Waals surface area contributed by atoms with Crippen LogP contribution in [0.5, 0.6) is 0 Å². The predicted octanol–water partition coefficient (Wildman–Crippen LogP) is 0.159. The summed E-state index contributed by atoms with van der Waals surface area (Å²) in [4.78, 5) is 9.35. The Hall–Kier alpha value is -0.710. The third kappa shape index (κ3) is 0.919. The Morgan fingerprint density at radius 3 is 3.00 bits per heavy atom. The average Bonchev–Trinajstić information content (AvgIpc) is 2.12. The quantitative estimate of drug-likeness (QED) is 0.407. The normalized spacial score (nSPS) is 17.2. The van der Waals surface area contributed by atoms with Gasteiger partial charge in [-0.15, -0.1) is 0 Å². The fourth-order valence-corrected chi connectivity index (χ4v) is 0.911. The molecule has 4 nitrogen and oxygen atoms in total. The summed E-state index contributed by atoms with van der Waals surface area (Å²) >= 11 is 1.27. The van der Waals surface area contributed by atoms with Crippen molar-refractivity contribution >= 4 is 11.8 Å². The molecule has 0 spiro atoms. The minimum Gasteiger partial charge on any atom is -0.358 e. The Morgan fingerprint density at radius 2 is 2.75 bits per heavy atom. The summed E-state index contributed by atoms with van der Waals surface area (Å²) in [5.74, 6) is 0.547. The lowest BCUT2D eigenvalue weighted by molar-refractivity contribution is -0.431. The van der Waals surface area contributed by atoms with E-state index in [0.717, 1.165) is 0 Å². The highest BCUT2D eigenvalue weighted by Gasteiger charge is 2.13. The maximum atomic E-state index is 9.83. The second-order valence-corrected chi connectivity index (χ2v) is 1.95. The van der Waals surface area contributed by atoms with E-state index in [-0.39, 0.29) is 5.82 Å². The minimum absolute atomic E-state index is 0.0185. The smallest absolute Gasteiger partial charge is 0.332 e. The third-order valence-electron chi connectivity index (χ3n) is 0.663. The molecular weight excluding hydrogens is 128 g/mol. The first-order valence-electron chi connectivity index (χ1n) is 1.94. The number of hydrogen-bond donors (Lipinski definition) is 1. The van der Waals surface area contributed by atoms with Gasteiger partial charge in [-0.3, -0.25) is 5.32 Å². The van der Waals surface area contributed by atoms with Gasteiger partial charge in [0, 0.05) is 0 Å². The van der Waals surface area contributed by atoms with Gasteiger partial charge in [0.05, 0.1) is 0 Å². The van der Waals surface area contributed by atoms with Crippen LogP contribution in [0.2, 0.25) is 0 Å². The van der Waals surface area contributed by atoms with E-state index in [1.165, 1.54) is 11.8 Å². The van der Waals surface area contributed by atoms with Crippen LogP contribution in [0.3, 0.4) is 0 Å². The molecule has 1 N–H and O–H groups in total. The van der Waals surface area contributed by atoms with Gasteiger partial charge in [0.25, 0.3) is 0 Å². The zero-order valence-electron chi connectivity index (χ0n) is 3.88. The fraction of sp³-hybridized carbons (Fsp3) is 0.333. The topological polar surface area (TPSA) is 55.2 Å². The number of nitrogens with zero attached hydrogens (tertiary/aromatic N) is 1. The van der Waals surface area contributed by atoms with E-state index in [0.29, 0.717) is 5.88 Å². The van der Waals surface area contributed by atoms with Crippen LogP contribution in [0.25, 0.3) is 0 Å². The molecule has 0 aromatic rings. The largest absolute Gasteiger partial charge is 0.358 e. The van der Waals surface area contributed by atoms with Crippen molar-refractivity contribution in [3.8, 4) is 0 Å². The Balaban J connectivity index is 2.57. The van der Waals surface area contributed by atoms with Gasteiger partial charge in [0.2, 0.25) is 0 Å². The van der Waals surface area contributed by atoms with Crippen molar-refractivity contribution in [2.45, 2.75) is 0 Å². The fourth-order valence-electron chi connectivity index (χ4n) is 0.347. The molecule has 0 aromatic heterocycles. The Bertz CT molecular complexity index is 144. The van der Waals surface area contributed by atoms with Crippen molar-refractivity contribution in [3.05, 3.63) is 21.3 Å². The van der Waals surface area contributed by atoms with Crippen molar-refractivity contribution in [1.82, 2.24) is 5.32 Å². The molecule has 8 heavy (non-hydrogen) atoms. The van der Waals surface area contributed by atoms with E-state index in [1.54, 1.807) is 0 Å². The molecule has 1 aliphatic heterocycles. The molecule has 43 valence electrons. The highest BCUT2D eigenvalue weighted by atomic mass is 32.2. The molecule has 0 aromatic carbocycles. The lowest BCUT2D eigenvalue weighted by Crippen LogP contribution is -2.13. The summed E-state index contributed by atoms with van der Waals surface area (Å²) in [5, 5.41) is 14.8. The molecule has 0 aliphatic carbocycles. The molecule has 5 heteroatoms. The summed E-state index contributed by atoms with van der Waals surface area (Å²) in [6.45, 7) is 0. The molecule has 0 fully saturated rings. The number of thioether (sulfide) groups is 1. The molecule has 0 unspecified atom stereocenters. The lowest BCUT2D eigenvalue weighted by atomic mass is 10.8. The van der Waals surface area contributed by atoms with Crippen LogP contribution in [0.15, 0.2) is 5.82 Å². The van der Waals surface area contributed by atoms with Crippen molar-refractivity contribution in [1.29, 1.82) is 0 Å². The maximum Gasteiger partial charge on any atom is 0.332 e. The first-order valence-corrected chi connectivity index (χ1v) is 2.92. The van der Waals surface area contributed by atoms with Crippen LogP contribution in [0.4, 0.5) is 0 Å². The molecule has 1 aliphatic rings. The van der Waals surface area contributed by atoms with Gasteiger partial charge in [-0.2, -0.15) is 0 Å². The second-order valence-electron chi connectivity index (χ2n) is 1.17. The average molecular weight is 131 g/mol. The summed E-state index contributed by atoms with van der Waals surface area (Å²) in [6, 6.07) is 0. The predicted molar refractivity (Wildman–Crippen MR) is 29.3 cm³/mol. The first kappa shape index (κ1) is 5.43. The van der Waals surface area contributed by atoms with Gasteiger partial charge < -0.3 is 10.1 Å². The first-order chi connectivity index (χ1) is 3.80. The SMILES string of the molecule is O=[N+]([O-])C1=[C]SCN1. The summed E-state index contributed by atoms with van der Waals surface area (Å²) in [5.41, 5.74) is 0. The van der Waals surface area contributed by atoms with E-state index in [1.807, 2.05) is 0 Å². The molecule has 0 bridgehead atoms. The Kier molecular flexibility index (Phi) is 1.38. The Labute approximate surface area is 50.1 Å². The van der Waals surface area contributed by atoms with Crippen molar-refractivity contribution < 1.29 is 4.92 Å². The van der Waals surface area contributed by atoms with Gasteiger partial charge in [-0.25, -0.2) is 0 Å². The molecule has 0 amide bonds. The highest BCUT2D eigenvalue weighted by Crippen LogP contribution is 2.09. The van der Waals surface area contributed by atoms with Crippen LogP contribution in [0, 0.1) is 15.5 Å². The standard InChI is InChI=1S/C3H3N2O2S/c6-5(7)3-1-8-2-4-3/h4H,2H2. The van der Waals surface area contributed by atoms with E-state index in [2.05, 4.69) is 10.7 Å². The van der Waals surface area contributed by atoms with Crippen molar-refractivity contribution in [3.63, 3.8) is 0 Å². The van der Waals surface area contributed by atoms with Crippen LogP contribution < -0.4 is 5.32 Å². The van der Waals surface area contributed by atoms with Gasteiger partial charge in [0.15, 0.2) is 0 Å². The van der Waals surface area contributed by atoms with Gasteiger partial charge in [0.1, 0.15) is 11.3 Å². The minimum atomic E-state index is -0.486. The van der Waals surface area contributed by atoms with Crippen LogP contribution in [-0.2, 0) is 0 Å². The zero-order valence-corrected chi connectivity index (χ0v) is 4.70. The number of nitrogens with one attached hydrogen (secondary N) is 1. The third-order valence-corrected chi connectivity index (χ3v) is 1.29. The monoisotopic (exact) mass is 131 g/mol. The molecule has 0 saturated carbocycles. The van der Waals surface area contributed by atoms with Crippen LogP contribution in [0.1, 0.15) is 0 Å². The van der Waals surface area contributed by atoms with Crippen molar-refractivity contribution in [2.75, 3.05) is 5.88 Å². The van der Waals surface area contributed by atoms with E-state index >= 15 is 0 Å². The molecule has 0 atom stereocenters. The number of nitro groups is 1. The number of rotatable bonds is 1. The highest BCUT2D eigenvalue weighted by molar-refractivity contribution is 8.01. The summed E-state index contributed by atoms with van der Waals surface area (Å²) in [6.07, 6.45) is 0. The van der Waals surface area contributed by atoms with Crippen molar-refractivity contribution in [2.24, 2.45) is 0 Å². The second kappa shape index (κ2) is 2.04. The lowest BCUT2D eigenvalue weighted by Gasteiger charge is -1.90. The Morgan fingerprint density at radius 1 is 2.00 bits per heavy atom. The zero-order chi connectivity index (χ0) is 5.98. The maximum absolute atomic E-state index is 9.83.